The van der Waals surface area contributed by atoms with Gasteiger partial charge in [-0.3, -0.25) is 4.79 Å². The van der Waals surface area contributed by atoms with Gasteiger partial charge >= 0.3 is 0 Å². The van der Waals surface area contributed by atoms with Gasteiger partial charge in [-0.25, -0.2) is 13.8 Å². The van der Waals surface area contributed by atoms with Gasteiger partial charge in [-0.2, -0.15) is 10.4 Å². The summed E-state index contributed by atoms with van der Waals surface area (Å²) in [6, 6.07) is 20.1. The Balaban J connectivity index is 1.76. The maximum atomic E-state index is 13.7. The summed E-state index contributed by atoms with van der Waals surface area (Å²) < 4.78 is 32.6. The number of hydrogen-bond donors (Lipinski definition) is 0. The summed E-state index contributed by atoms with van der Waals surface area (Å²) in [5.74, 6) is -0.972. The van der Waals surface area contributed by atoms with Gasteiger partial charge in [-0.05, 0) is 48.5 Å². The molecule has 0 spiro atoms. The van der Waals surface area contributed by atoms with Gasteiger partial charge < -0.3 is 4.74 Å². The lowest BCUT2D eigenvalue weighted by Gasteiger charge is -2.23. The molecule has 1 unspecified atom stereocenters. The molecule has 0 bridgehead atoms. The minimum Gasteiger partial charge on any atom is -0.478 e. The molecule has 1 aliphatic heterocycles. The Bertz CT molecular complexity index is 1190. The maximum Gasteiger partial charge on any atom is 0.275 e. The van der Waals surface area contributed by atoms with Gasteiger partial charge in [-0.15, -0.1) is 0 Å². The zero-order valence-electron chi connectivity index (χ0n) is 16.0. The first kappa shape index (κ1) is 20.6. The van der Waals surface area contributed by atoms with E-state index in [1.165, 1.54) is 47.1 Å². The van der Waals surface area contributed by atoms with E-state index in [0.717, 1.165) is 6.07 Å². The van der Waals surface area contributed by atoms with E-state index in [4.69, 9.17) is 10.00 Å². The molecular weight excluding hydrogens is 420 g/mol. The number of thioether (sulfide) groups is 1. The highest BCUT2D eigenvalue weighted by Crippen LogP contribution is 2.45. The third-order valence-electron chi connectivity index (χ3n) is 4.49. The Morgan fingerprint density at radius 2 is 1.84 bits per heavy atom. The van der Waals surface area contributed by atoms with E-state index in [9.17, 15) is 13.6 Å². The molecule has 154 valence electrons. The van der Waals surface area contributed by atoms with Crippen molar-refractivity contribution in [3.05, 3.63) is 101 Å². The number of hydrogen-bond acceptors (Lipinski definition) is 5. The fraction of sp³-hybridized carbons (Fsp3) is 0.0870. The molecular formula is C23H15F2N3O2S. The molecule has 0 fully saturated rings. The molecule has 0 aliphatic carbocycles. The van der Waals surface area contributed by atoms with Crippen LogP contribution < -0.4 is 4.74 Å². The van der Waals surface area contributed by atoms with Crippen molar-refractivity contribution in [3.63, 3.8) is 0 Å². The van der Waals surface area contributed by atoms with Gasteiger partial charge in [0.15, 0.2) is 6.61 Å². The Kier molecular flexibility index (Phi) is 5.96. The highest BCUT2D eigenvalue weighted by atomic mass is 32.2. The van der Waals surface area contributed by atoms with E-state index in [0.29, 0.717) is 21.9 Å². The first-order chi connectivity index (χ1) is 15.1. The average molecular weight is 435 g/mol. The first-order valence-corrected chi connectivity index (χ1v) is 10.1. The Hall–Kier alpha value is -3.70. The van der Waals surface area contributed by atoms with Crippen molar-refractivity contribution in [1.29, 1.82) is 5.26 Å². The molecule has 1 atom stereocenters. The van der Waals surface area contributed by atoms with Gasteiger partial charge in [0.2, 0.25) is 0 Å². The number of rotatable bonds is 5. The van der Waals surface area contributed by atoms with Crippen LogP contribution in [0.15, 0.2) is 77.9 Å². The molecule has 3 aromatic rings. The number of carbonyl (C=O) groups excluding carboxylic acids is 1. The van der Waals surface area contributed by atoms with Gasteiger partial charge in [0.1, 0.15) is 33.9 Å². The van der Waals surface area contributed by atoms with Crippen LogP contribution in [0.1, 0.15) is 26.9 Å². The number of nitriles is 1. The molecule has 1 aliphatic rings. The molecule has 0 radical (unpaired) electrons. The summed E-state index contributed by atoms with van der Waals surface area (Å²) >= 11 is 1.28. The number of hydrazone groups is 1. The van der Waals surface area contributed by atoms with Crippen molar-refractivity contribution in [2.24, 2.45) is 5.10 Å². The average Bonchev–Trinajstić information content (AvgIpc) is 3.23. The largest absolute Gasteiger partial charge is 0.478 e. The molecule has 5 nitrogen and oxygen atoms in total. The lowest BCUT2D eigenvalue weighted by molar-refractivity contribution is 0.0747. The molecule has 0 N–H and O–H groups in total. The number of ether oxygens (including phenoxy) is 1. The van der Waals surface area contributed by atoms with E-state index < -0.39 is 17.1 Å². The van der Waals surface area contributed by atoms with Crippen LogP contribution in [0.25, 0.3) is 0 Å². The van der Waals surface area contributed by atoms with Crippen LogP contribution in [0.2, 0.25) is 0 Å². The molecule has 1 amide bonds. The second-order valence-corrected chi connectivity index (χ2v) is 7.60. The van der Waals surface area contributed by atoms with Gasteiger partial charge in [0, 0.05) is 16.7 Å². The summed E-state index contributed by atoms with van der Waals surface area (Å²) in [5.41, 5.74) is 1.42. The third kappa shape index (κ3) is 4.42. The minimum absolute atomic E-state index is 0.144. The molecule has 4 rings (SSSR count). The van der Waals surface area contributed by atoms with Crippen molar-refractivity contribution in [1.82, 2.24) is 5.01 Å². The van der Waals surface area contributed by atoms with Gasteiger partial charge in [0.05, 0.1) is 0 Å². The molecule has 0 saturated heterocycles. The van der Waals surface area contributed by atoms with Crippen molar-refractivity contribution in [2.45, 2.75) is 5.37 Å². The van der Waals surface area contributed by atoms with E-state index in [-0.39, 0.29) is 18.0 Å². The first-order valence-electron chi connectivity index (χ1n) is 9.26. The van der Waals surface area contributed by atoms with E-state index in [1.54, 1.807) is 36.4 Å². The third-order valence-corrected chi connectivity index (χ3v) is 5.71. The summed E-state index contributed by atoms with van der Waals surface area (Å²) in [4.78, 5) is 13.2. The minimum atomic E-state index is -0.620. The van der Waals surface area contributed by atoms with Crippen LogP contribution in [0, 0.1) is 23.0 Å². The standard InChI is InChI=1S/C23H15F2N3O2S/c24-17-10-8-15(9-11-17)21-27-28(22(29)16-4-3-5-18(25)14-16)23(31-21)19-6-1-2-7-20(19)30-13-12-26/h1-11,14,23H,13H2. The number of para-hydroxylation sites is 1. The number of benzene rings is 3. The zero-order chi connectivity index (χ0) is 21.8. The van der Waals surface area contributed by atoms with Crippen molar-refractivity contribution in [3.8, 4) is 11.8 Å². The normalized spacial score (nSPS) is 15.3. The number of amides is 1. The van der Waals surface area contributed by atoms with Crippen molar-refractivity contribution < 1.29 is 18.3 Å². The predicted molar refractivity (Wildman–Crippen MR) is 113 cm³/mol. The van der Waals surface area contributed by atoms with E-state index >= 15 is 0 Å². The molecule has 3 aromatic carbocycles. The van der Waals surface area contributed by atoms with Crippen LogP contribution in [0.5, 0.6) is 5.75 Å². The van der Waals surface area contributed by atoms with E-state index in [1.807, 2.05) is 6.07 Å². The van der Waals surface area contributed by atoms with E-state index in [2.05, 4.69) is 5.10 Å². The monoisotopic (exact) mass is 435 g/mol. The Morgan fingerprint density at radius 1 is 1.06 bits per heavy atom. The van der Waals surface area contributed by atoms with Crippen LogP contribution in [0.4, 0.5) is 8.78 Å². The lowest BCUT2D eigenvalue weighted by Crippen LogP contribution is -2.26. The quantitative estimate of drug-likeness (QED) is 0.558. The number of nitrogens with zero attached hydrogens (tertiary/aromatic N) is 3. The molecule has 1 heterocycles. The maximum absolute atomic E-state index is 13.7. The fourth-order valence-corrected chi connectivity index (χ4v) is 4.26. The highest BCUT2D eigenvalue weighted by molar-refractivity contribution is 8.14. The second kappa shape index (κ2) is 8.98. The summed E-state index contributed by atoms with van der Waals surface area (Å²) in [5, 5.41) is 14.5. The molecule has 8 heteroatoms. The topological polar surface area (TPSA) is 65.7 Å². The van der Waals surface area contributed by atoms with Gasteiger partial charge in [0.25, 0.3) is 5.91 Å². The summed E-state index contributed by atoms with van der Waals surface area (Å²) in [6.07, 6.45) is 0. The summed E-state index contributed by atoms with van der Waals surface area (Å²) in [7, 11) is 0. The zero-order valence-corrected chi connectivity index (χ0v) is 16.9. The van der Waals surface area contributed by atoms with Crippen LogP contribution in [-0.4, -0.2) is 22.6 Å². The number of halogens is 2. The SMILES string of the molecule is N#CCOc1ccccc1C1SC(c2ccc(F)cc2)=NN1C(=O)c1cccc(F)c1. The Morgan fingerprint density at radius 3 is 2.58 bits per heavy atom. The Labute approximate surface area is 181 Å². The molecule has 31 heavy (non-hydrogen) atoms. The fourth-order valence-electron chi connectivity index (χ4n) is 3.07. The van der Waals surface area contributed by atoms with Crippen LogP contribution >= 0.6 is 11.8 Å². The van der Waals surface area contributed by atoms with Crippen LogP contribution in [0.3, 0.4) is 0 Å². The van der Waals surface area contributed by atoms with Gasteiger partial charge in [-0.1, -0.05) is 36.0 Å². The van der Waals surface area contributed by atoms with Crippen molar-refractivity contribution >= 4 is 22.7 Å². The van der Waals surface area contributed by atoms with Crippen LogP contribution in [-0.2, 0) is 0 Å². The number of carbonyl (C=O) groups is 1. The predicted octanol–water partition coefficient (Wildman–Crippen LogP) is 5.12. The molecule has 0 aromatic heterocycles. The molecule has 0 saturated carbocycles. The second-order valence-electron chi connectivity index (χ2n) is 6.53. The summed E-state index contributed by atoms with van der Waals surface area (Å²) in [6.45, 7) is -0.155. The smallest absolute Gasteiger partial charge is 0.275 e. The lowest BCUT2D eigenvalue weighted by atomic mass is 10.1. The highest BCUT2D eigenvalue weighted by Gasteiger charge is 2.36. The van der Waals surface area contributed by atoms with Crippen molar-refractivity contribution in [2.75, 3.05) is 6.61 Å².